The Kier molecular flexibility index (Phi) is 7.11. The summed E-state index contributed by atoms with van der Waals surface area (Å²) in [5.74, 6) is -0.232. The summed E-state index contributed by atoms with van der Waals surface area (Å²) in [6.45, 7) is 5.00. The van der Waals surface area contributed by atoms with Gasteiger partial charge in [-0.1, -0.05) is 42.3 Å². The van der Waals surface area contributed by atoms with E-state index in [4.69, 9.17) is 16.7 Å². The highest BCUT2D eigenvalue weighted by molar-refractivity contribution is 7.20. The van der Waals surface area contributed by atoms with E-state index in [0.29, 0.717) is 35.0 Å². The normalized spacial score (nSPS) is 11.0. The molecule has 2 amide bonds. The summed E-state index contributed by atoms with van der Waals surface area (Å²) in [5, 5.41) is 12.2. The molecule has 6 nitrogen and oxygen atoms in total. The molecule has 0 aliphatic heterocycles. The number of hydrogen-bond donors (Lipinski definition) is 2. The summed E-state index contributed by atoms with van der Waals surface area (Å²) in [6, 6.07) is 16.9. The van der Waals surface area contributed by atoms with Crippen LogP contribution in [0.4, 0.5) is 0 Å². The fourth-order valence-electron chi connectivity index (χ4n) is 3.51. The van der Waals surface area contributed by atoms with Crippen LogP contribution in [0.15, 0.2) is 54.6 Å². The number of rotatable bonds is 8. The number of halogens is 1. The van der Waals surface area contributed by atoms with Gasteiger partial charge in [0.2, 0.25) is 0 Å². The molecule has 0 saturated heterocycles. The number of aryl methyl sites for hydroxylation is 2. The number of aromatic nitrogens is 2. The van der Waals surface area contributed by atoms with Crippen LogP contribution in [0.2, 0.25) is 5.02 Å². The third-order valence-corrected chi connectivity index (χ3v) is 6.63. The van der Waals surface area contributed by atoms with Crippen molar-refractivity contribution in [1.82, 2.24) is 20.4 Å². The highest BCUT2D eigenvalue weighted by Crippen LogP contribution is 2.31. The first-order valence-electron chi connectivity index (χ1n) is 10.9. The van der Waals surface area contributed by atoms with Crippen LogP contribution >= 0.6 is 22.9 Å². The molecule has 0 fully saturated rings. The van der Waals surface area contributed by atoms with Crippen LogP contribution in [0.5, 0.6) is 0 Å². The average molecular weight is 481 g/mol. The second-order valence-corrected chi connectivity index (χ2v) is 9.22. The summed E-state index contributed by atoms with van der Waals surface area (Å²) in [4.78, 5) is 26.4. The summed E-state index contributed by atoms with van der Waals surface area (Å²) in [5.41, 5.74) is 3.56. The zero-order valence-electron chi connectivity index (χ0n) is 18.5. The van der Waals surface area contributed by atoms with Crippen molar-refractivity contribution in [3.63, 3.8) is 0 Å². The minimum absolute atomic E-state index is 0.108. The van der Waals surface area contributed by atoms with Gasteiger partial charge in [0.15, 0.2) is 0 Å². The van der Waals surface area contributed by atoms with Crippen LogP contribution in [-0.2, 0) is 6.42 Å². The number of thiophene rings is 1. The van der Waals surface area contributed by atoms with Gasteiger partial charge in [-0.2, -0.15) is 5.10 Å². The molecule has 0 aliphatic carbocycles. The van der Waals surface area contributed by atoms with Crippen molar-refractivity contribution in [3.8, 4) is 5.69 Å². The minimum atomic E-state index is -0.124. The van der Waals surface area contributed by atoms with Crippen LogP contribution < -0.4 is 10.6 Å². The van der Waals surface area contributed by atoms with Gasteiger partial charge in [-0.3, -0.25) is 9.59 Å². The number of carbonyl (C=O) groups excluding carboxylic acids is 2. The van der Waals surface area contributed by atoms with Crippen LogP contribution in [0.25, 0.3) is 15.9 Å². The molecule has 33 heavy (non-hydrogen) atoms. The zero-order chi connectivity index (χ0) is 23.4. The summed E-state index contributed by atoms with van der Waals surface area (Å²) in [6.07, 6.45) is 1.41. The predicted octanol–water partition coefficient (Wildman–Crippen LogP) is 5.16. The Morgan fingerprint density at radius 2 is 1.76 bits per heavy atom. The largest absolute Gasteiger partial charge is 0.352 e. The van der Waals surface area contributed by atoms with Gasteiger partial charge in [0.1, 0.15) is 4.83 Å². The van der Waals surface area contributed by atoms with Crippen molar-refractivity contribution in [1.29, 1.82) is 0 Å². The molecule has 0 radical (unpaired) electrons. The molecule has 0 atom stereocenters. The van der Waals surface area contributed by atoms with Crippen LogP contribution in [-0.4, -0.2) is 34.7 Å². The molecule has 170 valence electrons. The predicted molar refractivity (Wildman–Crippen MR) is 134 cm³/mol. The molecule has 4 rings (SSSR count). The molecule has 2 N–H and O–H groups in total. The van der Waals surface area contributed by atoms with Gasteiger partial charge >= 0.3 is 0 Å². The molecule has 0 aliphatic rings. The lowest BCUT2D eigenvalue weighted by molar-refractivity contribution is 0.0953. The first-order valence-corrected chi connectivity index (χ1v) is 12.1. The third-order valence-electron chi connectivity index (χ3n) is 5.29. The molecule has 2 heterocycles. The van der Waals surface area contributed by atoms with Crippen LogP contribution in [0.1, 0.15) is 44.6 Å². The Balaban J connectivity index is 1.36. The van der Waals surface area contributed by atoms with Crippen molar-refractivity contribution in [3.05, 3.63) is 81.3 Å². The fraction of sp³-hybridized carbons (Fsp3) is 0.240. The van der Waals surface area contributed by atoms with Crippen molar-refractivity contribution in [2.45, 2.75) is 26.7 Å². The summed E-state index contributed by atoms with van der Waals surface area (Å²) >= 11 is 7.57. The molecule has 4 aromatic rings. The first kappa shape index (κ1) is 23.0. The van der Waals surface area contributed by atoms with E-state index in [0.717, 1.165) is 33.6 Å². The second-order valence-electron chi connectivity index (χ2n) is 7.75. The maximum absolute atomic E-state index is 12.7. The molecular formula is C25H25ClN4O2S. The Hall–Kier alpha value is -3.16. The maximum Gasteiger partial charge on any atom is 0.261 e. The van der Waals surface area contributed by atoms with Crippen molar-refractivity contribution in [2.24, 2.45) is 0 Å². The van der Waals surface area contributed by atoms with Crippen molar-refractivity contribution in [2.75, 3.05) is 13.1 Å². The van der Waals surface area contributed by atoms with Gasteiger partial charge in [0.25, 0.3) is 11.8 Å². The van der Waals surface area contributed by atoms with E-state index >= 15 is 0 Å². The molecule has 2 aromatic heterocycles. The zero-order valence-corrected chi connectivity index (χ0v) is 20.1. The van der Waals surface area contributed by atoms with Crippen molar-refractivity contribution >= 4 is 45.0 Å². The van der Waals surface area contributed by atoms with E-state index in [2.05, 4.69) is 10.6 Å². The summed E-state index contributed by atoms with van der Waals surface area (Å²) in [7, 11) is 0. The van der Waals surface area contributed by atoms with Gasteiger partial charge in [0, 0.05) is 29.1 Å². The molecular weight excluding hydrogens is 456 g/mol. The lowest BCUT2D eigenvalue weighted by atomic mass is 10.1. The van der Waals surface area contributed by atoms with E-state index in [1.54, 1.807) is 0 Å². The van der Waals surface area contributed by atoms with Gasteiger partial charge in [-0.25, -0.2) is 4.68 Å². The number of carbonyl (C=O) groups is 2. The van der Waals surface area contributed by atoms with Crippen LogP contribution in [0, 0.1) is 6.92 Å². The number of fused-ring (bicyclic) bond motifs is 1. The second kappa shape index (κ2) is 10.2. The minimum Gasteiger partial charge on any atom is -0.352 e. The van der Waals surface area contributed by atoms with E-state index in [-0.39, 0.29) is 11.8 Å². The molecule has 8 heteroatoms. The first-order chi connectivity index (χ1) is 16.0. The number of nitrogens with zero attached hydrogens (tertiary/aromatic N) is 2. The Labute approximate surface area is 201 Å². The lowest BCUT2D eigenvalue weighted by Crippen LogP contribution is -2.29. The maximum atomic E-state index is 12.7. The summed E-state index contributed by atoms with van der Waals surface area (Å²) < 4.78 is 1.85. The topological polar surface area (TPSA) is 76.0 Å². The molecule has 0 unspecified atom stereocenters. The smallest absolute Gasteiger partial charge is 0.261 e. The fourth-order valence-corrected chi connectivity index (χ4v) is 4.76. The van der Waals surface area contributed by atoms with Gasteiger partial charge < -0.3 is 10.6 Å². The number of benzene rings is 2. The Bertz CT molecular complexity index is 1290. The van der Waals surface area contributed by atoms with Gasteiger partial charge in [-0.05, 0) is 56.2 Å². The lowest BCUT2D eigenvalue weighted by Gasteiger charge is -2.07. The van der Waals surface area contributed by atoms with E-state index in [9.17, 15) is 9.59 Å². The Morgan fingerprint density at radius 1 is 1.03 bits per heavy atom. The molecule has 0 saturated carbocycles. The van der Waals surface area contributed by atoms with E-state index in [1.165, 1.54) is 11.3 Å². The molecule has 0 spiro atoms. The van der Waals surface area contributed by atoms with Crippen molar-refractivity contribution < 1.29 is 9.59 Å². The number of nitrogens with one attached hydrogen (secondary N) is 2. The quantitative estimate of drug-likeness (QED) is 0.342. The van der Waals surface area contributed by atoms with Gasteiger partial charge in [-0.15, -0.1) is 11.3 Å². The SMILES string of the molecule is CCc1nn(-c2cccc(Cl)c2)c2sc(C(=O)NCCCNC(=O)c3ccc(C)cc3)cc12. The highest BCUT2D eigenvalue weighted by Gasteiger charge is 2.18. The monoisotopic (exact) mass is 480 g/mol. The molecule has 2 aromatic carbocycles. The highest BCUT2D eigenvalue weighted by atomic mass is 35.5. The molecule has 0 bridgehead atoms. The number of hydrogen-bond acceptors (Lipinski definition) is 4. The third kappa shape index (κ3) is 5.26. The van der Waals surface area contributed by atoms with Crippen LogP contribution in [0.3, 0.4) is 0 Å². The van der Waals surface area contributed by atoms with Gasteiger partial charge in [0.05, 0.1) is 16.3 Å². The standard InChI is InChI=1S/C25H25ClN4O2S/c1-3-21-20-15-22(33-25(20)30(29-21)19-7-4-6-18(26)14-19)24(32)28-13-5-12-27-23(31)17-10-8-16(2)9-11-17/h4,6-11,14-15H,3,5,12-13H2,1-2H3,(H,27,31)(H,28,32). The average Bonchev–Trinajstić information content (AvgIpc) is 3.38. The Morgan fingerprint density at radius 3 is 2.45 bits per heavy atom. The van der Waals surface area contributed by atoms with E-state index in [1.807, 2.05) is 73.1 Å². The number of amides is 2. The van der Waals surface area contributed by atoms with E-state index < -0.39 is 0 Å².